The molecule has 1 aliphatic rings. The van der Waals surface area contributed by atoms with Crippen molar-refractivity contribution in [3.05, 3.63) is 48.3 Å². The van der Waals surface area contributed by atoms with E-state index in [4.69, 9.17) is 0 Å². The van der Waals surface area contributed by atoms with Crippen molar-refractivity contribution in [1.82, 2.24) is 19.9 Å². The van der Waals surface area contributed by atoms with Crippen LogP contribution in [0.5, 0.6) is 0 Å². The van der Waals surface area contributed by atoms with Crippen molar-refractivity contribution >= 4 is 11.7 Å². The summed E-state index contributed by atoms with van der Waals surface area (Å²) in [5, 5.41) is 2.87. The first kappa shape index (κ1) is 14.4. The van der Waals surface area contributed by atoms with Gasteiger partial charge in [0.2, 0.25) is 0 Å². The smallest absolute Gasteiger partial charge is 0.316 e. The molecule has 0 aromatic carbocycles. The Morgan fingerprint density at radius 3 is 2.64 bits per heavy atom. The molecule has 0 atom stereocenters. The minimum atomic E-state index is -0.124. The van der Waals surface area contributed by atoms with Crippen LogP contribution in [0, 0.1) is 0 Å². The van der Waals surface area contributed by atoms with Gasteiger partial charge in [0.1, 0.15) is 5.82 Å². The van der Waals surface area contributed by atoms with Gasteiger partial charge < -0.3 is 10.2 Å². The average Bonchev–Trinajstić information content (AvgIpc) is 3.39. The molecule has 6 heteroatoms. The Morgan fingerprint density at radius 2 is 2.05 bits per heavy atom. The molecule has 1 N–H and O–H groups in total. The first-order valence-electron chi connectivity index (χ1n) is 7.54. The highest BCUT2D eigenvalue weighted by atomic mass is 16.2. The molecule has 114 valence electrons. The molecule has 0 saturated heterocycles. The van der Waals surface area contributed by atoms with Crippen molar-refractivity contribution in [1.29, 1.82) is 0 Å². The lowest BCUT2D eigenvalue weighted by Gasteiger charge is -2.22. The standard InChI is InChI=1S/C16H19N5O/c1-2-15-18-9-13(10-19-15)20-16(22)21(14-6-7-14)11-12-5-3-4-8-17-12/h3-5,8-10,14H,2,6-7,11H2,1H3,(H,20,22). The maximum absolute atomic E-state index is 12.5. The first-order valence-corrected chi connectivity index (χ1v) is 7.54. The number of hydrogen-bond donors (Lipinski definition) is 1. The van der Waals surface area contributed by atoms with Crippen LogP contribution < -0.4 is 5.32 Å². The van der Waals surface area contributed by atoms with Gasteiger partial charge >= 0.3 is 6.03 Å². The maximum Gasteiger partial charge on any atom is 0.322 e. The second-order valence-electron chi connectivity index (χ2n) is 5.35. The summed E-state index contributed by atoms with van der Waals surface area (Å²) in [5.41, 5.74) is 1.51. The van der Waals surface area contributed by atoms with Gasteiger partial charge in [0.25, 0.3) is 0 Å². The summed E-state index contributed by atoms with van der Waals surface area (Å²) in [4.78, 5) is 27.0. The van der Waals surface area contributed by atoms with E-state index < -0.39 is 0 Å². The molecule has 0 bridgehead atoms. The number of hydrogen-bond acceptors (Lipinski definition) is 4. The van der Waals surface area contributed by atoms with E-state index in [9.17, 15) is 4.79 Å². The van der Waals surface area contributed by atoms with Gasteiger partial charge in [0, 0.05) is 18.7 Å². The molecule has 2 heterocycles. The molecular formula is C16H19N5O. The first-order chi connectivity index (χ1) is 10.8. The second-order valence-corrected chi connectivity index (χ2v) is 5.35. The van der Waals surface area contributed by atoms with Crippen molar-refractivity contribution in [3.63, 3.8) is 0 Å². The number of carbonyl (C=O) groups excluding carboxylic acids is 1. The topological polar surface area (TPSA) is 71.0 Å². The monoisotopic (exact) mass is 297 g/mol. The van der Waals surface area contributed by atoms with E-state index in [1.165, 1.54) is 0 Å². The number of carbonyl (C=O) groups is 1. The van der Waals surface area contributed by atoms with E-state index in [1.807, 2.05) is 30.0 Å². The van der Waals surface area contributed by atoms with Crippen LogP contribution >= 0.6 is 0 Å². The molecule has 2 amide bonds. The highest BCUT2D eigenvalue weighted by Gasteiger charge is 2.32. The Labute approximate surface area is 129 Å². The summed E-state index contributed by atoms with van der Waals surface area (Å²) < 4.78 is 0. The van der Waals surface area contributed by atoms with Gasteiger partial charge in [-0.2, -0.15) is 0 Å². The van der Waals surface area contributed by atoms with Crippen LogP contribution in [-0.2, 0) is 13.0 Å². The van der Waals surface area contributed by atoms with Crippen molar-refractivity contribution in [3.8, 4) is 0 Å². The molecule has 0 radical (unpaired) electrons. The molecule has 0 unspecified atom stereocenters. The molecule has 22 heavy (non-hydrogen) atoms. The number of urea groups is 1. The van der Waals surface area contributed by atoms with E-state index in [2.05, 4.69) is 20.3 Å². The predicted molar refractivity (Wildman–Crippen MR) is 83.2 cm³/mol. The minimum Gasteiger partial charge on any atom is -0.316 e. The fraction of sp³-hybridized carbons (Fsp3) is 0.375. The summed E-state index contributed by atoms with van der Waals surface area (Å²) in [6.45, 7) is 2.51. The van der Waals surface area contributed by atoms with Gasteiger partial charge in [0.05, 0.1) is 30.3 Å². The van der Waals surface area contributed by atoms with Crippen LogP contribution in [0.2, 0.25) is 0 Å². The Balaban J connectivity index is 1.67. The second kappa shape index (κ2) is 6.51. The third kappa shape index (κ3) is 3.58. The fourth-order valence-electron chi connectivity index (χ4n) is 2.22. The fourth-order valence-corrected chi connectivity index (χ4v) is 2.22. The number of aryl methyl sites for hydroxylation is 1. The van der Waals surface area contributed by atoms with E-state index in [-0.39, 0.29) is 6.03 Å². The van der Waals surface area contributed by atoms with Gasteiger partial charge in [-0.3, -0.25) is 4.98 Å². The van der Waals surface area contributed by atoms with Crippen LogP contribution in [0.3, 0.4) is 0 Å². The highest BCUT2D eigenvalue weighted by Crippen LogP contribution is 2.28. The normalized spacial score (nSPS) is 13.7. The maximum atomic E-state index is 12.5. The Kier molecular flexibility index (Phi) is 4.27. The number of anilines is 1. The third-order valence-corrected chi connectivity index (χ3v) is 3.58. The number of aromatic nitrogens is 3. The van der Waals surface area contributed by atoms with E-state index in [1.54, 1.807) is 18.6 Å². The zero-order chi connectivity index (χ0) is 15.4. The zero-order valence-corrected chi connectivity index (χ0v) is 12.6. The lowest BCUT2D eigenvalue weighted by Crippen LogP contribution is -2.36. The number of nitrogens with one attached hydrogen (secondary N) is 1. The summed E-state index contributed by atoms with van der Waals surface area (Å²) in [6, 6.07) is 5.92. The number of rotatable bonds is 5. The molecule has 3 rings (SSSR count). The number of nitrogens with zero attached hydrogens (tertiary/aromatic N) is 4. The minimum absolute atomic E-state index is 0.124. The summed E-state index contributed by atoms with van der Waals surface area (Å²) in [6.07, 6.45) is 7.92. The Bertz CT molecular complexity index is 625. The molecule has 2 aromatic heterocycles. The van der Waals surface area contributed by atoms with Crippen molar-refractivity contribution in [2.24, 2.45) is 0 Å². The van der Waals surface area contributed by atoms with Crippen LogP contribution in [0.25, 0.3) is 0 Å². The lowest BCUT2D eigenvalue weighted by atomic mass is 10.3. The van der Waals surface area contributed by atoms with Crippen molar-refractivity contribution in [2.45, 2.75) is 38.8 Å². The van der Waals surface area contributed by atoms with E-state index >= 15 is 0 Å². The molecule has 1 saturated carbocycles. The third-order valence-electron chi connectivity index (χ3n) is 3.58. The SMILES string of the molecule is CCc1ncc(NC(=O)N(Cc2ccccn2)C2CC2)cn1. The quantitative estimate of drug-likeness (QED) is 0.921. The molecular weight excluding hydrogens is 278 g/mol. The predicted octanol–water partition coefficient (Wildman–Crippen LogP) is 2.63. The lowest BCUT2D eigenvalue weighted by molar-refractivity contribution is 0.205. The summed E-state index contributed by atoms with van der Waals surface area (Å²) in [7, 11) is 0. The molecule has 0 spiro atoms. The van der Waals surface area contributed by atoms with E-state index in [0.29, 0.717) is 18.3 Å². The van der Waals surface area contributed by atoms with Gasteiger partial charge in [-0.1, -0.05) is 13.0 Å². The van der Waals surface area contributed by atoms with E-state index in [0.717, 1.165) is 30.8 Å². The molecule has 2 aromatic rings. The van der Waals surface area contributed by atoms with Gasteiger partial charge in [-0.05, 0) is 25.0 Å². The largest absolute Gasteiger partial charge is 0.322 e. The van der Waals surface area contributed by atoms with Crippen LogP contribution in [0.1, 0.15) is 31.3 Å². The molecule has 0 aliphatic heterocycles. The molecule has 1 fully saturated rings. The summed E-state index contributed by atoms with van der Waals surface area (Å²) in [5.74, 6) is 0.769. The van der Waals surface area contributed by atoms with Gasteiger partial charge in [-0.25, -0.2) is 14.8 Å². The Morgan fingerprint density at radius 1 is 1.27 bits per heavy atom. The Hall–Kier alpha value is -2.50. The van der Waals surface area contributed by atoms with Crippen molar-refractivity contribution < 1.29 is 4.79 Å². The number of pyridine rings is 1. The number of amides is 2. The van der Waals surface area contributed by atoms with Gasteiger partial charge in [-0.15, -0.1) is 0 Å². The average molecular weight is 297 g/mol. The molecule has 6 nitrogen and oxygen atoms in total. The van der Waals surface area contributed by atoms with Crippen LogP contribution in [0.4, 0.5) is 10.5 Å². The van der Waals surface area contributed by atoms with Crippen LogP contribution in [-0.4, -0.2) is 31.9 Å². The molecule has 1 aliphatic carbocycles. The van der Waals surface area contributed by atoms with Gasteiger partial charge in [0.15, 0.2) is 0 Å². The van der Waals surface area contributed by atoms with Crippen molar-refractivity contribution in [2.75, 3.05) is 5.32 Å². The highest BCUT2D eigenvalue weighted by molar-refractivity contribution is 5.89. The van der Waals surface area contributed by atoms with Crippen LogP contribution in [0.15, 0.2) is 36.8 Å². The zero-order valence-electron chi connectivity index (χ0n) is 12.6. The summed E-state index contributed by atoms with van der Waals surface area (Å²) >= 11 is 0.